The molecule has 126 valence electrons. The van der Waals surface area contributed by atoms with Crippen molar-refractivity contribution in [2.45, 2.75) is 32.7 Å². The molecule has 0 unspecified atom stereocenters. The fraction of sp³-hybridized carbons (Fsp3) is 0.529. The molecule has 6 heteroatoms. The molecule has 0 radical (unpaired) electrons. The summed E-state index contributed by atoms with van der Waals surface area (Å²) in [6.07, 6.45) is 2.36. The van der Waals surface area contributed by atoms with E-state index in [0.717, 1.165) is 25.3 Å². The molecule has 23 heavy (non-hydrogen) atoms. The number of ether oxygens (including phenoxy) is 1. The van der Waals surface area contributed by atoms with Crippen molar-refractivity contribution in [2.24, 2.45) is 0 Å². The number of thiocarbonyl (C=S) groups is 1. The van der Waals surface area contributed by atoms with Crippen molar-refractivity contribution < 1.29 is 9.53 Å². The first-order valence-corrected chi connectivity index (χ1v) is 8.60. The number of anilines is 1. The number of benzene rings is 1. The highest BCUT2D eigenvalue weighted by atomic mass is 32.1. The van der Waals surface area contributed by atoms with E-state index in [1.165, 1.54) is 12.8 Å². The van der Waals surface area contributed by atoms with Gasteiger partial charge in [0.15, 0.2) is 5.11 Å². The molecule has 0 aromatic heterocycles. The average Bonchev–Trinajstić information content (AvgIpc) is 3.36. The van der Waals surface area contributed by atoms with E-state index in [2.05, 4.69) is 29.4 Å². The van der Waals surface area contributed by atoms with Crippen LogP contribution >= 0.6 is 12.2 Å². The number of hydrogen-bond donors (Lipinski definition) is 2. The second-order valence-corrected chi connectivity index (χ2v) is 6.02. The fourth-order valence-corrected chi connectivity index (χ4v) is 2.45. The minimum atomic E-state index is -0.289. The Morgan fingerprint density at radius 2 is 1.91 bits per heavy atom. The van der Waals surface area contributed by atoms with Crippen LogP contribution in [0.25, 0.3) is 0 Å². The minimum Gasteiger partial charge on any atom is -0.461 e. The smallest absolute Gasteiger partial charge is 0.338 e. The van der Waals surface area contributed by atoms with Crippen LogP contribution in [0, 0.1) is 0 Å². The van der Waals surface area contributed by atoms with Crippen molar-refractivity contribution in [3.05, 3.63) is 29.8 Å². The second-order valence-electron chi connectivity index (χ2n) is 5.61. The molecule has 1 aliphatic carbocycles. The minimum absolute atomic E-state index is 0.289. The van der Waals surface area contributed by atoms with Gasteiger partial charge in [0.25, 0.3) is 0 Å². The zero-order chi connectivity index (χ0) is 16.7. The Morgan fingerprint density at radius 3 is 2.48 bits per heavy atom. The summed E-state index contributed by atoms with van der Waals surface area (Å²) < 4.78 is 5.30. The third-order valence-corrected chi connectivity index (χ3v) is 4.05. The normalized spacial score (nSPS) is 13.7. The fourth-order valence-electron chi connectivity index (χ4n) is 2.16. The molecular formula is C17H25N3O2S. The lowest BCUT2D eigenvalue weighted by Gasteiger charge is -2.17. The van der Waals surface area contributed by atoms with Gasteiger partial charge in [0.05, 0.1) is 5.56 Å². The third-order valence-electron chi connectivity index (χ3n) is 3.83. The van der Waals surface area contributed by atoms with Gasteiger partial charge in [-0.1, -0.05) is 13.8 Å². The van der Waals surface area contributed by atoms with Crippen molar-refractivity contribution in [3.63, 3.8) is 0 Å². The molecule has 2 rings (SSSR count). The molecule has 0 heterocycles. The molecule has 2 N–H and O–H groups in total. The molecule has 0 aliphatic heterocycles. The van der Waals surface area contributed by atoms with Gasteiger partial charge in [-0.2, -0.15) is 0 Å². The molecule has 1 aromatic rings. The Morgan fingerprint density at radius 1 is 1.26 bits per heavy atom. The van der Waals surface area contributed by atoms with Crippen molar-refractivity contribution in [1.82, 2.24) is 10.2 Å². The molecule has 0 bridgehead atoms. The van der Waals surface area contributed by atoms with E-state index in [1.54, 1.807) is 12.1 Å². The maximum Gasteiger partial charge on any atom is 0.338 e. The topological polar surface area (TPSA) is 53.6 Å². The molecule has 0 amide bonds. The summed E-state index contributed by atoms with van der Waals surface area (Å²) in [5.41, 5.74) is 1.42. The SMILES string of the molecule is CCN(CC)CCOC(=O)c1ccc(NC(=S)NC2CC2)cc1. The molecule has 0 spiro atoms. The van der Waals surface area contributed by atoms with Crippen LogP contribution in [0.1, 0.15) is 37.0 Å². The van der Waals surface area contributed by atoms with Gasteiger partial charge in [-0.15, -0.1) is 0 Å². The van der Waals surface area contributed by atoms with Crippen LogP contribution in [0.3, 0.4) is 0 Å². The van der Waals surface area contributed by atoms with Crippen molar-refractivity contribution in [3.8, 4) is 0 Å². The highest BCUT2D eigenvalue weighted by Crippen LogP contribution is 2.19. The van der Waals surface area contributed by atoms with E-state index in [9.17, 15) is 4.79 Å². The number of esters is 1. The lowest BCUT2D eigenvalue weighted by molar-refractivity contribution is 0.0466. The molecule has 1 fully saturated rings. The maximum atomic E-state index is 12.0. The van der Waals surface area contributed by atoms with E-state index >= 15 is 0 Å². The lowest BCUT2D eigenvalue weighted by atomic mass is 10.2. The summed E-state index contributed by atoms with van der Waals surface area (Å²) in [6.45, 7) is 7.29. The van der Waals surface area contributed by atoms with Gasteiger partial charge in [0, 0.05) is 18.3 Å². The predicted molar refractivity (Wildman–Crippen MR) is 96.9 cm³/mol. The lowest BCUT2D eigenvalue weighted by Crippen LogP contribution is -2.30. The second kappa shape index (κ2) is 8.84. The third kappa shape index (κ3) is 6.15. The first-order chi connectivity index (χ1) is 11.1. The van der Waals surface area contributed by atoms with E-state index in [0.29, 0.717) is 23.3 Å². The molecule has 1 saturated carbocycles. The highest BCUT2D eigenvalue weighted by Gasteiger charge is 2.21. The summed E-state index contributed by atoms with van der Waals surface area (Å²) >= 11 is 5.22. The summed E-state index contributed by atoms with van der Waals surface area (Å²) in [6, 6.07) is 7.70. The van der Waals surface area contributed by atoms with Crippen LogP contribution in [0.5, 0.6) is 0 Å². The Hall–Kier alpha value is -1.66. The van der Waals surface area contributed by atoms with E-state index in [4.69, 9.17) is 17.0 Å². The highest BCUT2D eigenvalue weighted by molar-refractivity contribution is 7.80. The molecule has 5 nitrogen and oxygen atoms in total. The number of nitrogens with zero attached hydrogens (tertiary/aromatic N) is 1. The van der Waals surface area contributed by atoms with Crippen molar-refractivity contribution >= 4 is 29.0 Å². The van der Waals surface area contributed by atoms with Gasteiger partial charge < -0.3 is 20.3 Å². The van der Waals surface area contributed by atoms with Crippen molar-refractivity contribution in [1.29, 1.82) is 0 Å². The van der Waals surface area contributed by atoms with Gasteiger partial charge in [-0.25, -0.2) is 4.79 Å². The van der Waals surface area contributed by atoms with Crippen LogP contribution in [-0.2, 0) is 4.74 Å². The quantitative estimate of drug-likeness (QED) is 0.563. The van der Waals surface area contributed by atoms with Crippen LogP contribution in [-0.4, -0.2) is 48.3 Å². The average molecular weight is 335 g/mol. The van der Waals surface area contributed by atoms with Crippen molar-refractivity contribution in [2.75, 3.05) is 31.6 Å². The number of rotatable bonds is 8. The summed E-state index contributed by atoms with van der Waals surface area (Å²) in [7, 11) is 0. The summed E-state index contributed by atoms with van der Waals surface area (Å²) in [5, 5.41) is 6.95. The Balaban J connectivity index is 1.76. The van der Waals surface area contributed by atoms with Gasteiger partial charge in [-0.05, 0) is 62.4 Å². The molecular weight excluding hydrogens is 310 g/mol. The first kappa shape index (κ1) is 17.7. The monoisotopic (exact) mass is 335 g/mol. The molecule has 0 saturated heterocycles. The van der Waals surface area contributed by atoms with Crippen LogP contribution in [0.15, 0.2) is 24.3 Å². The van der Waals surface area contributed by atoms with E-state index in [-0.39, 0.29) is 5.97 Å². The van der Waals surface area contributed by atoms with Gasteiger partial charge in [0.2, 0.25) is 0 Å². The number of nitrogens with one attached hydrogen (secondary N) is 2. The predicted octanol–water partition coefficient (Wildman–Crippen LogP) is 2.63. The van der Waals surface area contributed by atoms with Gasteiger partial charge >= 0.3 is 5.97 Å². The summed E-state index contributed by atoms with van der Waals surface area (Å²) in [5.74, 6) is -0.289. The number of hydrogen-bond acceptors (Lipinski definition) is 4. The Bertz CT molecular complexity index is 525. The van der Waals surface area contributed by atoms with Crippen LogP contribution in [0.4, 0.5) is 5.69 Å². The van der Waals surface area contributed by atoms with E-state index in [1.807, 2.05) is 12.1 Å². The largest absolute Gasteiger partial charge is 0.461 e. The number of carbonyl (C=O) groups excluding carboxylic acids is 1. The maximum absolute atomic E-state index is 12.0. The first-order valence-electron chi connectivity index (χ1n) is 8.19. The van der Waals surface area contributed by atoms with E-state index < -0.39 is 0 Å². The molecule has 1 aromatic carbocycles. The zero-order valence-corrected chi connectivity index (χ0v) is 14.6. The van der Waals surface area contributed by atoms with Gasteiger partial charge in [0.1, 0.15) is 6.61 Å². The number of carbonyl (C=O) groups is 1. The Labute approximate surface area is 143 Å². The van der Waals surface area contributed by atoms with Crippen LogP contribution in [0.2, 0.25) is 0 Å². The molecule has 1 aliphatic rings. The Kier molecular flexibility index (Phi) is 6.80. The van der Waals surface area contributed by atoms with Gasteiger partial charge in [-0.3, -0.25) is 0 Å². The molecule has 0 atom stereocenters. The van der Waals surface area contributed by atoms with Crippen LogP contribution < -0.4 is 10.6 Å². The zero-order valence-electron chi connectivity index (χ0n) is 13.8. The number of likely N-dealkylation sites (N-methyl/N-ethyl adjacent to an activating group) is 1. The summed E-state index contributed by atoms with van der Waals surface area (Å²) in [4.78, 5) is 14.2. The standard InChI is InChI=1S/C17H25N3O2S/c1-3-20(4-2)11-12-22-16(21)13-5-7-14(8-6-13)18-17(23)19-15-9-10-15/h5-8,15H,3-4,9-12H2,1-2H3,(H2,18,19,23).